The molecule has 1 aliphatic rings. The first kappa shape index (κ1) is 12.2. The van der Waals surface area contributed by atoms with Gasteiger partial charge in [-0.05, 0) is 6.07 Å². The third-order valence-corrected chi connectivity index (χ3v) is 3.07. The zero-order valence-electron chi connectivity index (χ0n) is 10.4. The van der Waals surface area contributed by atoms with Crippen LogP contribution >= 0.6 is 0 Å². The van der Waals surface area contributed by atoms with Gasteiger partial charge in [0.25, 0.3) is 0 Å². The maximum atomic E-state index is 11.7. The Bertz CT molecular complexity index is 729. The first-order chi connectivity index (χ1) is 9.69. The van der Waals surface area contributed by atoms with Crippen molar-refractivity contribution >= 4 is 35.1 Å². The number of nitrogens with zero attached hydrogens (tertiary/aromatic N) is 3. The monoisotopic (exact) mass is 270 g/mol. The lowest BCUT2D eigenvalue weighted by Gasteiger charge is -2.24. The van der Waals surface area contributed by atoms with Crippen molar-refractivity contribution in [3.05, 3.63) is 30.0 Å². The average molecular weight is 270 g/mol. The molecule has 1 saturated heterocycles. The molecule has 100 valence electrons. The average Bonchev–Trinajstić information content (AvgIpc) is 2.46. The molecule has 0 aliphatic carbocycles. The Kier molecular flexibility index (Phi) is 2.86. The SMILES string of the molecule is O=Cc1cccc2nc(N3CCC(=O)NC3=O)ncc12. The van der Waals surface area contributed by atoms with Crippen LogP contribution in [0, 0.1) is 0 Å². The standard InChI is InChI=1S/C13H10N4O3/c18-7-8-2-1-3-10-9(8)6-14-12(15-10)17-5-4-11(19)16-13(17)20/h1-3,6-7H,4-5H2,(H,16,19,20). The van der Waals surface area contributed by atoms with E-state index in [-0.39, 0.29) is 24.8 Å². The minimum absolute atomic E-state index is 0.210. The number of hydrogen-bond acceptors (Lipinski definition) is 5. The van der Waals surface area contributed by atoms with Gasteiger partial charge < -0.3 is 0 Å². The number of carbonyl (C=O) groups excluding carboxylic acids is 3. The predicted molar refractivity (Wildman–Crippen MR) is 70.4 cm³/mol. The van der Waals surface area contributed by atoms with Crippen molar-refractivity contribution in [1.29, 1.82) is 0 Å². The van der Waals surface area contributed by atoms with E-state index in [1.54, 1.807) is 18.2 Å². The van der Waals surface area contributed by atoms with Crippen LogP contribution in [0.2, 0.25) is 0 Å². The van der Waals surface area contributed by atoms with E-state index in [0.717, 1.165) is 6.29 Å². The second-order valence-corrected chi connectivity index (χ2v) is 4.32. The van der Waals surface area contributed by atoms with E-state index in [1.165, 1.54) is 11.1 Å². The lowest BCUT2D eigenvalue weighted by molar-refractivity contribution is -0.120. The fourth-order valence-electron chi connectivity index (χ4n) is 2.06. The molecule has 0 saturated carbocycles. The van der Waals surface area contributed by atoms with E-state index >= 15 is 0 Å². The summed E-state index contributed by atoms with van der Waals surface area (Å²) in [5, 5.41) is 2.84. The number of aldehydes is 1. The number of hydrogen-bond donors (Lipinski definition) is 1. The Morgan fingerprint density at radius 3 is 2.90 bits per heavy atom. The maximum Gasteiger partial charge on any atom is 0.330 e. The molecule has 1 aliphatic heterocycles. The summed E-state index contributed by atoms with van der Waals surface area (Å²) in [6.45, 7) is 0.240. The van der Waals surface area contributed by atoms with Gasteiger partial charge in [0.15, 0.2) is 6.29 Å². The molecular weight excluding hydrogens is 260 g/mol. The number of urea groups is 1. The molecule has 0 spiro atoms. The van der Waals surface area contributed by atoms with E-state index in [4.69, 9.17) is 0 Å². The van der Waals surface area contributed by atoms with Gasteiger partial charge in [-0.25, -0.2) is 14.8 Å². The van der Waals surface area contributed by atoms with Crippen molar-refractivity contribution in [1.82, 2.24) is 15.3 Å². The van der Waals surface area contributed by atoms with Gasteiger partial charge in [0.2, 0.25) is 11.9 Å². The van der Waals surface area contributed by atoms with Crippen LogP contribution in [-0.4, -0.2) is 34.7 Å². The van der Waals surface area contributed by atoms with Crippen LogP contribution < -0.4 is 10.2 Å². The lowest BCUT2D eigenvalue weighted by Crippen LogP contribution is -2.50. The number of carbonyl (C=O) groups is 3. The van der Waals surface area contributed by atoms with Crippen molar-refractivity contribution < 1.29 is 14.4 Å². The molecule has 0 radical (unpaired) electrons. The molecule has 0 atom stereocenters. The number of amides is 3. The van der Waals surface area contributed by atoms with Crippen molar-refractivity contribution in [3.8, 4) is 0 Å². The molecule has 1 fully saturated rings. The third kappa shape index (κ3) is 1.99. The molecule has 7 nitrogen and oxygen atoms in total. The van der Waals surface area contributed by atoms with Gasteiger partial charge in [-0.3, -0.25) is 19.8 Å². The molecule has 2 heterocycles. The molecule has 3 amide bonds. The second kappa shape index (κ2) is 4.69. The molecule has 1 aromatic heterocycles. The Balaban J connectivity index is 2.03. The summed E-state index contributed by atoms with van der Waals surface area (Å²) in [5.41, 5.74) is 1.07. The molecule has 3 rings (SSSR count). The highest BCUT2D eigenvalue weighted by molar-refractivity contribution is 6.05. The normalized spacial score (nSPS) is 15.3. The van der Waals surface area contributed by atoms with E-state index in [0.29, 0.717) is 16.5 Å². The van der Waals surface area contributed by atoms with Gasteiger partial charge in [-0.1, -0.05) is 12.1 Å². The van der Waals surface area contributed by atoms with Crippen LogP contribution in [0.15, 0.2) is 24.4 Å². The molecule has 7 heteroatoms. The maximum absolute atomic E-state index is 11.7. The summed E-state index contributed by atoms with van der Waals surface area (Å²) >= 11 is 0. The highest BCUT2D eigenvalue weighted by Crippen LogP contribution is 2.19. The van der Waals surface area contributed by atoms with E-state index in [1.807, 2.05) is 0 Å². The number of fused-ring (bicyclic) bond motifs is 1. The number of nitrogens with one attached hydrogen (secondary N) is 1. The minimum atomic E-state index is -0.535. The zero-order valence-corrected chi connectivity index (χ0v) is 10.4. The Morgan fingerprint density at radius 1 is 1.30 bits per heavy atom. The second-order valence-electron chi connectivity index (χ2n) is 4.32. The first-order valence-corrected chi connectivity index (χ1v) is 6.01. The van der Waals surface area contributed by atoms with E-state index < -0.39 is 6.03 Å². The largest absolute Gasteiger partial charge is 0.330 e. The van der Waals surface area contributed by atoms with E-state index in [2.05, 4.69) is 15.3 Å². The van der Waals surface area contributed by atoms with Crippen LogP contribution in [0.25, 0.3) is 10.9 Å². The summed E-state index contributed by atoms with van der Waals surface area (Å²) in [5.74, 6) is -0.0965. The van der Waals surface area contributed by atoms with Crippen LogP contribution in [0.4, 0.5) is 10.7 Å². The quantitative estimate of drug-likeness (QED) is 0.818. The van der Waals surface area contributed by atoms with Gasteiger partial charge in [0.1, 0.15) is 0 Å². The summed E-state index contributed by atoms with van der Waals surface area (Å²) in [6, 6.07) is 4.58. The molecule has 0 unspecified atom stereocenters. The number of imide groups is 1. The van der Waals surface area contributed by atoms with Crippen molar-refractivity contribution in [3.63, 3.8) is 0 Å². The Morgan fingerprint density at radius 2 is 2.15 bits per heavy atom. The zero-order chi connectivity index (χ0) is 14.1. The van der Waals surface area contributed by atoms with Crippen LogP contribution in [-0.2, 0) is 4.79 Å². The molecule has 2 aromatic rings. The number of aromatic nitrogens is 2. The van der Waals surface area contributed by atoms with Crippen molar-refractivity contribution in [2.75, 3.05) is 11.4 Å². The highest BCUT2D eigenvalue weighted by Gasteiger charge is 2.26. The summed E-state index contributed by atoms with van der Waals surface area (Å²) in [6.07, 6.45) is 2.45. The molecule has 1 aromatic carbocycles. The molecule has 0 bridgehead atoms. The lowest BCUT2D eigenvalue weighted by atomic mass is 10.1. The highest BCUT2D eigenvalue weighted by atomic mass is 16.2. The number of benzene rings is 1. The van der Waals surface area contributed by atoms with Crippen molar-refractivity contribution in [2.24, 2.45) is 0 Å². The summed E-state index contributed by atoms with van der Waals surface area (Å²) in [4.78, 5) is 43.4. The fraction of sp³-hybridized carbons (Fsp3) is 0.154. The van der Waals surface area contributed by atoms with Crippen LogP contribution in [0.5, 0.6) is 0 Å². The van der Waals surface area contributed by atoms with Crippen LogP contribution in [0.3, 0.4) is 0 Å². The summed E-state index contributed by atoms with van der Waals surface area (Å²) in [7, 11) is 0. The van der Waals surface area contributed by atoms with E-state index in [9.17, 15) is 14.4 Å². The van der Waals surface area contributed by atoms with Crippen molar-refractivity contribution in [2.45, 2.75) is 6.42 Å². The van der Waals surface area contributed by atoms with Gasteiger partial charge in [-0.15, -0.1) is 0 Å². The fourth-order valence-corrected chi connectivity index (χ4v) is 2.06. The Hall–Kier alpha value is -2.83. The van der Waals surface area contributed by atoms with Gasteiger partial charge in [-0.2, -0.15) is 0 Å². The minimum Gasteiger partial charge on any atom is -0.298 e. The number of anilines is 1. The summed E-state index contributed by atoms with van der Waals surface area (Å²) < 4.78 is 0. The van der Waals surface area contributed by atoms with Gasteiger partial charge in [0, 0.05) is 30.1 Å². The topological polar surface area (TPSA) is 92.3 Å². The Labute approximate surface area is 113 Å². The first-order valence-electron chi connectivity index (χ1n) is 6.01. The molecule has 20 heavy (non-hydrogen) atoms. The molecular formula is C13H10N4O3. The van der Waals surface area contributed by atoms with Gasteiger partial charge in [0.05, 0.1) is 5.52 Å². The molecule has 1 N–H and O–H groups in total. The smallest absolute Gasteiger partial charge is 0.298 e. The predicted octanol–water partition coefficient (Wildman–Crippen LogP) is 0.889. The van der Waals surface area contributed by atoms with Crippen LogP contribution in [0.1, 0.15) is 16.8 Å². The van der Waals surface area contributed by atoms with Gasteiger partial charge >= 0.3 is 6.03 Å². The number of rotatable bonds is 2. The third-order valence-electron chi connectivity index (χ3n) is 3.07.